The quantitative estimate of drug-likeness (QED) is 0.374. The molecule has 3 rings (SSSR count). The summed E-state index contributed by atoms with van der Waals surface area (Å²) in [5, 5.41) is 24.6. The molecule has 0 bridgehead atoms. The maximum absolute atomic E-state index is 11.2. The lowest BCUT2D eigenvalue weighted by Gasteiger charge is -2.01. The predicted molar refractivity (Wildman–Crippen MR) is 100 cm³/mol. The topological polar surface area (TPSA) is 106 Å². The number of benzene rings is 2. The highest BCUT2D eigenvalue weighted by atomic mass is 16.6. The van der Waals surface area contributed by atoms with Gasteiger partial charge in [-0.05, 0) is 25.0 Å². The average molecular weight is 360 g/mol. The molecule has 1 aromatic heterocycles. The predicted octanol–water partition coefficient (Wildman–Crippen LogP) is 4.58. The van der Waals surface area contributed by atoms with Crippen molar-refractivity contribution in [2.75, 3.05) is 0 Å². The Balaban J connectivity index is 1.96. The van der Waals surface area contributed by atoms with Crippen LogP contribution in [0, 0.1) is 28.4 Å². The second-order valence-electron chi connectivity index (χ2n) is 5.96. The zero-order chi connectivity index (χ0) is 19.4. The third-order valence-corrected chi connectivity index (χ3v) is 4.08. The lowest BCUT2D eigenvalue weighted by Crippen LogP contribution is -1.95. The number of hydrogen-bond acceptors (Lipinski definition) is 6. The van der Waals surface area contributed by atoms with E-state index in [1.807, 2.05) is 44.2 Å². The molecule has 0 fully saturated rings. The number of hydrogen-bond donors (Lipinski definition) is 0. The molecular formula is C20H16N4O3. The van der Waals surface area contributed by atoms with Gasteiger partial charge >= 0.3 is 0 Å². The number of aromatic nitrogens is 2. The Kier molecular flexibility index (Phi) is 5.08. The molecule has 0 amide bonds. The zero-order valence-corrected chi connectivity index (χ0v) is 14.8. The van der Waals surface area contributed by atoms with E-state index in [2.05, 4.69) is 10.1 Å². The van der Waals surface area contributed by atoms with Crippen molar-refractivity contribution >= 4 is 17.3 Å². The van der Waals surface area contributed by atoms with Crippen LogP contribution in [0.1, 0.15) is 29.5 Å². The molecule has 1 heterocycles. The highest BCUT2D eigenvalue weighted by Crippen LogP contribution is 2.25. The van der Waals surface area contributed by atoms with Crippen molar-refractivity contribution in [3.63, 3.8) is 0 Å². The minimum Gasteiger partial charge on any atom is -0.333 e. The van der Waals surface area contributed by atoms with E-state index >= 15 is 0 Å². The largest absolute Gasteiger partial charge is 0.333 e. The van der Waals surface area contributed by atoms with E-state index in [0.717, 1.165) is 11.1 Å². The van der Waals surface area contributed by atoms with Gasteiger partial charge in [0.15, 0.2) is 0 Å². The van der Waals surface area contributed by atoms with Crippen LogP contribution in [-0.4, -0.2) is 15.1 Å². The van der Waals surface area contributed by atoms with Crippen LogP contribution < -0.4 is 0 Å². The molecule has 0 aliphatic heterocycles. The van der Waals surface area contributed by atoms with Crippen LogP contribution in [0.25, 0.3) is 23.0 Å². The molecule has 7 heteroatoms. The van der Waals surface area contributed by atoms with Crippen molar-refractivity contribution in [3.8, 4) is 17.5 Å². The molecule has 0 unspecified atom stereocenters. The van der Waals surface area contributed by atoms with Crippen molar-refractivity contribution in [3.05, 3.63) is 75.2 Å². The molecule has 3 aromatic rings. The van der Waals surface area contributed by atoms with Gasteiger partial charge in [-0.1, -0.05) is 54.0 Å². The summed E-state index contributed by atoms with van der Waals surface area (Å²) >= 11 is 0. The first-order valence-electron chi connectivity index (χ1n) is 8.32. The molecule has 0 aliphatic carbocycles. The molecule has 0 atom stereocenters. The summed E-state index contributed by atoms with van der Waals surface area (Å²) in [7, 11) is 0. The van der Waals surface area contributed by atoms with Crippen molar-refractivity contribution in [2.24, 2.45) is 0 Å². The first kappa shape index (κ1) is 18.0. The second kappa shape index (κ2) is 7.62. The number of nitriles is 1. The van der Waals surface area contributed by atoms with Crippen LogP contribution in [0.5, 0.6) is 0 Å². The zero-order valence-electron chi connectivity index (χ0n) is 14.8. The molecule has 0 spiro atoms. The fourth-order valence-corrected chi connectivity index (χ4v) is 2.60. The summed E-state index contributed by atoms with van der Waals surface area (Å²) in [6.07, 6.45) is 2.05. The first-order chi connectivity index (χ1) is 13.0. The van der Waals surface area contributed by atoms with E-state index in [1.165, 1.54) is 12.1 Å². The molecule has 134 valence electrons. The third kappa shape index (κ3) is 3.90. The van der Waals surface area contributed by atoms with E-state index in [1.54, 1.807) is 12.1 Å². The average Bonchev–Trinajstić information content (AvgIpc) is 3.16. The number of nitrogens with zero attached hydrogens (tertiary/aromatic N) is 4. The van der Waals surface area contributed by atoms with Gasteiger partial charge in [-0.25, -0.2) is 0 Å². The van der Waals surface area contributed by atoms with E-state index in [-0.39, 0.29) is 17.2 Å². The normalized spacial score (nSPS) is 11.2. The van der Waals surface area contributed by atoms with Crippen LogP contribution in [0.4, 0.5) is 5.69 Å². The summed E-state index contributed by atoms with van der Waals surface area (Å²) < 4.78 is 5.21. The molecule has 2 aromatic carbocycles. The number of allylic oxidation sites excluding steroid dienone is 1. The van der Waals surface area contributed by atoms with Crippen molar-refractivity contribution < 1.29 is 9.45 Å². The first-order valence-corrected chi connectivity index (χ1v) is 8.32. The van der Waals surface area contributed by atoms with Crippen molar-refractivity contribution in [2.45, 2.75) is 20.3 Å². The number of nitro benzene ring substituents is 1. The molecule has 27 heavy (non-hydrogen) atoms. The maximum atomic E-state index is 11.2. The summed E-state index contributed by atoms with van der Waals surface area (Å²) in [5.74, 6) is 0.439. The molecular weight excluding hydrogens is 344 g/mol. The smallest absolute Gasteiger partial charge is 0.273 e. The molecule has 0 radical (unpaired) electrons. The van der Waals surface area contributed by atoms with Crippen molar-refractivity contribution in [1.82, 2.24) is 10.1 Å². The number of nitro groups is 1. The molecule has 0 saturated heterocycles. The van der Waals surface area contributed by atoms with Crippen LogP contribution in [0.2, 0.25) is 0 Å². The Hall–Kier alpha value is -3.79. The van der Waals surface area contributed by atoms with Crippen LogP contribution in [0.3, 0.4) is 0 Å². The highest BCUT2D eigenvalue weighted by Gasteiger charge is 2.15. The standard InChI is InChI=1S/C20H16N4O3/c1-3-15-9-6-14(11-18(15)24(25)26)10-17(12-21)20-22-19(23-27-20)16-7-4-13(2)5-8-16/h4-11H,3H2,1-2H3/b17-10+. The second-order valence-corrected chi connectivity index (χ2v) is 5.96. The Morgan fingerprint density at radius 1 is 1.30 bits per heavy atom. The Labute approximate surface area is 155 Å². The van der Waals surface area contributed by atoms with E-state index in [4.69, 9.17) is 4.52 Å². The summed E-state index contributed by atoms with van der Waals surface area (Å²) in [4.78, 5) is 15.1. The molecule has 0 N–H and O–H groups in total. The SMILES string of the molecule is CCc1ccc(/C=C(\C#N)c2nc(-c3ccc(C)cc3)no2)cc1[N+](=O)[O-]. The highest BCUT2D eigenvalue weighted by molar-refractivity contribution is 5.87. The molecule has 0 aliphatic rings. The van der Waals surface area contributed by atoms with Gasteiger partial charge in [0, 0.05) is 17.2 Å². The number of rotatable bonds is 5. The van der Waals surface area contributed by atoms with Gasteiger partial charge in [0.05, 0.1) is 4.92 Å². The number of aryl methyl sites for hydroxylation is 2. The van der Waals surface area contributed by atoms with Gasteiger partial charge in [0.1, 0.15) is 11.6 Å². The Morgan fingerprint density at radius 3 is 2.67 bits per heavy atom. The van der Waals surface area contributed by atoms with E-state index in [0.29, 0.717) is 23.4 Å². The van der Waals surface area contributed by atoms with Gasteiger partial charge in [0.25, 0.3) is 11.6 Å². The minimum absolute atomic E-state index is 0.0226. The monoisotopic (exact) mass is 360 g/mol. The summed E-state index contributed by atoms with van der Waals surface area (Å²) in [5.41, 5.74) is 3.20. The molecule has 7 nitrogen and oxygen atoms in total. The van der Waals surface area contributed by atoms with Gasteiger partial charge < -0.3 is 4.52 Å². The van der Waals surface area contributed by atoms with Gasteiger partial charge in [-0.15, -0.1) is 0 Å². The lowest BCUT2D eigenvalue weighted by molar-refractivity contribution is -0.385. The summed E-state index contributed by atoms with van der Waals surface area (Å²) in [6, 6.07) is 14.5. The van der Waals surface area contributed by atoms with E-state index in [9.17, 15) is 15.4 Å². The maximum Gasteiger partial charge on any atom is 0.273 e. The van der Waals surface area contributed by atoms with Crippen molar-refractivity contribution in [1.29, 1.82) is 5.26 Å². The van der Waals surface area contributed by atoms with Gasteiger partial charge in [0.2, 0.25) is 5.82 Å². The van der Waals surface area contributed by atoms with Gasteiger partial charge in [-0.2, -0.15) is 10.2 Å². The summed E-state index contributed by atoms with van der Waals surface area (Å²) in [6.45, 7) is 3.83. The van der Waals surface area contributed by atoms with Gasteiger partial charge in [-0.3, -0.25) is 10.1 Å². The van der Waals surface area contributed by atoms with Crippen LogP contribution >= 0.6 is 0 Å². The van der Waals surface area contributed by atoms with E-state index < -0.39 is 4.92 Å². The third-order valence-electron chi connectivity index (χ3n) is 4.08. The molecule has 0 saturated carbocycles. The minimum atomic E-state index is -0.426. The lowest BCUT2D eigenvalue weighted by atomic mass is 10.1. The fraction of sp³-hybridized carbons (Fsp3) is 0.150. The fourth-order valence-electron chi connectivity index (χ4n) is 2.60. The Morgan fingerprint density at radius 2 is 2.04 bits per heavy atom. The van der Waals surface area contributed by atoms with Crippen LogP contribution in [-0.2, 0) is 6.42 Å². The Bertz CT molecular complexity index is 1060. The van der Waals surface area contributed by atoms with Crippen LogP contribution in [0.15, 0.2) is 47.0 Å².